The molecule has 5 rings (SSSR count). The molecule has 0 heterocycles. The van der Waals surface area contributed by atoms with Crippen molar-refractivity contribution >= 4 is 5.78 Å². The van der Waals surface area contributed by atoms with Gasteiger partial charge in [0.15, 0.2) is 0 Å². The van der Waals surface area contributed by atoms with Gasteiger partial charge in [-0.15, -0.1) is 6.58 Å². The Bertz CT molecular complexity index is 912. The van der Waals surface area contributed by atoms with Gasteiger partial charge < -0.3 is 4.79 Å². The normalized spacial score (nSPS) is 49.8. The van der Waals surface area contributed by atoms with E-state index in [1.54, 1.807) is 6.08 Å². The molecule has 1 nitrogen and oxygen atoms in total. The highest BCUT2D eigenvalue weighted by atomic mass is 16.1. The van der Waals surface area contributed by atoms with Gasteiger partial charge in [0.25, 0.3) is 0 Å². The second-order valence-electron chi connectivity index (χ2n) is 16.2. The van der Waals surface area contributed by atoms with Crippen LogP contribution in [-0.2, 0) is 4.79 Å². The molecule has 0 aromatic carbocycles. The molecule has 5 aliphatic rings. The Kier molecular flexibility index (Phi) is 7.61. The Labute approximate surface area is 230 Å². The number of hydrogen-bond acceptors (Lipinski definition) is 1. The SMILES string of the molecule is C=C(C)[C@@H]1CC[C@]2(C)CC[C@]3(C)C(CCC4[C@@]5(C)CC[C@H](CC(C)=O)C(C)(C)C5CC[C@]43C)C12.C=CC. The minimum absolute atomic E-state index is 0.277. The van der Waals surface area contributed by atoms with E-state index in [2.05, 4.69) is 61.6 Å². The molecule has 5 aliphatic carbocycles. The molecule has 4 unspecified atom stereocenters. The van der Waals surface area contributed by atoms with Gasteiger partial charge >= 0.3 is 0 Å². The Morgan fingerprint density at radius 2 is 1.46 bits per heavy atom. The van der Waals surface area contributed by atoms with Crippen LogP contribution >= 0.6 is 0 Å². The monoisotopic (exact) mass is 508 g/mol. The number of fused-ring (bicyclic) bond motifs is 7. The molecular weight excluding hydrogens is 448 g/mol. The molecule has 0 radical (unpaired) electrons. The number of ketones is 1. The van der Waals surface area contributed by atoms with E-state index in [-0.39, 0.29) is 5.41 Å². The minimum atomic E-state index is 0.277. The maximum atomic E-state index is 12.1. The van der Waals surface area contributed by atoms with E-state index in [0.29, 0.717) is 33.4 Å². The number of allylic oxidation sites excluding steroid dienone is 2. The Hall–Kier alpha value is -0.850. The number of carbonyl (C=O) groups is 1. The standard InChI is InChI=1S/C33H54O.C3H6/c1-21(2)24-13-15-30(6)18-19-32(8)25(28(24)30)10-11-27-31(7)16-12-23(20-22(3)34)29(4,5)26(31)14-17-33(27,32)9;1-3-2/h23-28H,1,10-20H2,2-9H3;3H,1H2,2H3/t23-,24+,25?,26?,27?,28?,30-,31+,32-,33-;/m1./s1. The van der Waals surface area contributed by atoms with Crippen molar-refractivity contribution in [2.75, 3.05) is 0 Å². The van der Waals surface area contributed by atoms with Crippen LogP contribution in [0.5, 0.6) is 0 Å². The second-order valence-corrected chi connectivity index (χ2v) is 16.2. The molecule has 0 amide bonds. The summed E-state index contributed by atoms with van der Waals surface area (Å²) in [7, 11) is 0. The highest BCUT2D eigenvalue weighted by Gasteiger charge is 2.70. The summed E-state index contributed by atoms with van der Waals surface area (Å²) in [5.41, 5.74) is 3.64. The third kappa shape index (κ3) is 4.18. The molecule has 37 heavy (non-hydrogen) atoms. The Morgan fingerprint density at radius 3 is 2.05 bits per heavy atom. The molecule has 10 atom stereocenters. The Balaban J connectivity index is 0.00000102. The van der Waals surface area contributed by atoms with Gasteiger partial charge in [0.2, 0.25) is 0 Å². The third-order valence-electron chi connectivity index (χ3n) is 14.3. The van der Waals surface area contributed by atoms with Crippen molar-refractivity contribution in [1.82, 2.24) is 0 Å². The van der Waals surface area contributed by atoms with E-state index in [9.17, 15) is 4.79 Å². The lowest BCUT2D eigenvalue weighted by atomic mass is 9.32. The number of carbonyl (C=O) groups excluding carboxylic acids is 1. The topological polar surface area (TPSA) is 17.1 Å². The highest BCUT2D eigenvalue weighted by molar-refractivity contribution is 5.75. The smallest absolute Gasteiger partial charge is 0.130 e. The van der Waals surface area contributed by atoms with Crippen LogP contribution in [0.3, 0.4) is 0 Å². The van der Waals surface area contributed by atoms with Crippen LogP contribution < -0.4 is 0 Å². The third-order valence-corrected chi connectivity index (χ3v) is 14.3. The van der Waals surface area contributed by atoms with Gasteiger partial charge in [-0.1, -0.05) is 59.8 Å². The van der Waals surface area contributed by atoms with Gasteiger partial charge in [-0.25, -0.2) is 0 Å². The average Bonchev–Trinajstić information content (AvgIpc) is 3.15. The summed E-state index contributed by atoms with van der Waals surface area (Å²) in [4.78, 5) is 12.1. The highest BCUT2D eigenvalue weighted by Crippen LogP contribution is 2.77. The molecular formula is C36H60O. The maximum absolute atomic E-state index is 12.1. The average molecular weight is 509 g/mol. The van der Waals surface area contributed by atoms with Gasteiger partial charge in [-0.2, -0.15) is 0 Å². The van der Waals surface area contributed by atoms with E-state index in [0.717, 1.165) is 36.0 Å². The van der Waals surface area contributed by atoms with Crippen LogP contribution in [0.4, 0.5) is 0 Å². The molecule has 0 aliphatic heterocycles. The van der Waals surface area contributed by atoms with Crippen molar-refractivity contribution in [3.63, 3.8) is 0 Å². The molecule has 1 heteroatoms. The molecule has 0 spiro atoms. The van der Waals surface area contributed by atoms with Crippen molar-refractivity contribution in [2.45, 2.75) is 133 Å². The first-order chi connectivity index (χ1) is 17.1. The first-order valence-electron chi connectivity index (χ1n) is 15.8. The summed E-state index contributed by atoms with van der Waals surface area (Å²) in [6, 6.07) is 0. The minimum Gasteiger partial charge on any atom is -0.300 e. The lowest BCUT2D eigenvalue weighted by Gasteiger charge is -2.73. The van der Waals surface area contributed by atoms with E-state index < -0.39 is 0 Å². The van der Waals surface area contributed by atoms with Gasteiger partial charge in [0.05, 0.1) is 0 Å². The van der Waals surface area contributed by atoms with E-state index >= 15 is 0 Å². The van der Waals surface area contributed by atoms with E-state index in [1.165, 1.54) is 69.8 Å². The van der Waals surface area contributed by atoms with Crippen LogP contribution in [0.15, 0.2) is 24.8 Å². The summed E-state index contributed by atoms with van der Waals surface area (Å²) >= 11 is 0. The van der Waals surface area contributed by atoms with E-state index in [4.69, 9.17) is 0 Å². The quantitative estimate of drug-likeness (QED) is 0.346. The summed E-state index contributed by atoms with van der Waals surface area (Å²) in [6.45, 7) is 29.8. The van der Waals surface area contributed by atoms with Crippen molar-refractivity contribution in [2.24, 2.45) is 62.6 Å². The first kappa shape index (κ1) is 29.1. The Morgan fingerprint density at radius 1 is 0.811 bits per heavy atom. The lowest BCUT2D eigenvalue weighted by Crippen LogP contribution is -2.66. The fourth-order valence-electron chi connectivity index (χ4n) is 12.3. The predicted octanol–water partition coefficient (Wildman–Crippen LogP) is 10.5. The van der Waals surface area contributed by atoms with Crippen molar-refractivity contribution in [3.05, 3.63) is 24.8 Å². The van der Waals surface area contributed by atoms with Crippen molar-refractivity contribution in [1.29, 1.82) is 0 Å². The van der Waals surface area contributed by atoms with Gasteiger partial charge in [-0.3, -0.25) is 0 Å². The van der Waals surface area contributed by atoms with Gasteiger partial charge in [0, 0.05) is 6.42 Å². The van der Waals surface area contributed by atoms with Crippen LogP contribution in [0, 0.1) is 62.6 Å². The summed E-state index contributed by atoms with van der Waals surface area (Å²) < 4.78 is 0. The van der Waals surface area contributed by atoms with Crippen molar-refractivity contribution < 1.29 is 4.79 Å². The van der Waals surface area contributed by atoms with Crippen LogP contribution in [0.25, 0.3) is 0 Å². The van der Waals surface area contributed by atoms with Crippen LogP contribution in [-0.4, -0.2) is 5.78 Å². The zero-order chi connectivity index (χ0) is 27.6. The molecule has 0 saturated heterocycles. The number of Topliss-reactive ketones (excluding diaryl/α,β-unsaturated/α-hetero) is 1. The maximum Gasteiger partial charge on any atom is 0.130 e. The molecule has 5 saturated carbocycles. The molecule has 5 fully saturated rings. The van der Waals surface area contributed by atoms with Gasteiger partial charge in [-0.05, 0) is 148 Å². The molecule has 0 aromatic rings. The largest absolute Gasteiger partial charge is 0.300 e. The summed E-state index contributed by atoms with van der Waals surface area (Å²) in [5.74, 6) is 5.05. The summed E-state index contributed by atoms with van der Waals surface area (Å²) in [6.07, 6.45) is 16.5. The molecule has 0 bridgehead atoms. The molecule has 0 N–H and O–H groups in total. The zero-order valence-corrected chi connectivity index (χ0v) is 26.1. The fraction of sp³-hybridized carbons (Fsp3) is 0.861. The number of hydrogen-bond donors (Lipinski definition) is 0. The van der Waals surface area contributed by atoms with Crippen molar-refractivity contribution in [3.8, 4) is 0 Å². The van der Waals surface area contributed by atoms with E-state index in [1.807, 2.05) is 13.8 Å². The van der Waals surface area contributed by atoms with Crippen LogP contribution in [0.2, 0.25) is 0 Å². The van der Waals surface area contributed by atoms with Crippen LogP contribution in [0.1, 0.15) is 133 Å². The molecule has 210 valence electrons. The first-order valence-corrected chi connectivity index (χ1v) is 15.8. The lowest BCUT2D eigenvalue weighted by molar-refractivity contribution is -0.241. The fourth-order valence-corrected chi connectivity index (χ4v) is 12.3. The van der Waals surface area contributed by atoms with Gasteiger partial charge in [0.1, 0.15) is 5.78 Å². The number of rotatable bonds is 3. The predicted molar refractivity (Wildman–Crippen MR) is 159 cm³/mol. The molecule has 0 aromatic heterocycles. The summed E-state index contributed by atoms with van der Waals surface area (Å²) in [5, 5.41) is 0. The zero-order valence-electron chi connectivity index (χ0n) is 26.1. The second kappa shape index (κ2) is 9.66.